The van der Waals surface area contributed by atoms with Crippen molar-refractivity contribution >= 4 is 5.91 Å². The van der Waals surface area contributed by atoms with Crippen molar-refractivity contribution in [2.24, 2.45) is 0 Å². The van der Waals surface area contributed by atoms with Gasteiger partial charge in [-0.2, -0.15) is 5.26 Å². The van der Waals surface area contributed by atoms with Gasteiger partial charge in [-0.15, -0.1) is 0 Å². The average molecular weight is 273 g/mol. The first-order valence-electron chi connectivity index (χ1n) is 6.54. The summed E-state index contributed by atoms with van der Waals surface area (Å²) in [6, 6.07) is 11.7. The van der Waals surface area contributed by atoms with Gasteiger partial charge in [0.1, 0.15) is 11.6 Å². The molecule has 5 nitrogen and oxygen atoms in total. The van der Waals surface area contributed by atoms with Crippen LogP contribution in [0.2, 0.25) is 0 Å². The minimum Gasteiger partial charge on any atom is -0.396 e. The largest absolute Gasteiger partial charge is 0.396 e. The van der Waals surface area contributed by atoms with Gasteiger partial charge in [0.05, 0.1) is 0 Å². The van der Waals surface area contributed by atoms with Gasteiger partial charge in [-0.05, 0) is 18.4 Å². The summed E-state index contributed by atoms with van der Waals surface area (Å²) >= 11 is 0. The maximum absolute atomic E-state index is 11.7. The van der Waals surface area contributed by atoms with Crippen LogP contribution >= 0.6 is 0 Å². The SMILES string of the molecule is N#C/C(=C/NCCCO)C(=O)NCCc1ccccc1. The molecule has 0 fully saturated rings. The molecular formula is C15H19N3O2. The number of nitrogens with one attached hydrogen (secondary N) is 2. The number of hydrogen-bond acceptors (Lipinski definition) is 4. The topological polar surface area (TPSA) is 85.2 Å². The third kappa shape index (κ3) is 6.03. The summed E-state index contributed by atoms with van der Waals surface area (Å²) in [7, 11) is 0. The van der Waals surface area contributed by atoms with E-state index in [1.54, 1.807) is 0 Å². The van der Waals surface area contributed by atoms with Crippen LogP contribution in [0.1, 0.15) is 12.0 Å². The summed E-state index contributed by atoms with van der Waals surface area (Å²) < 4.78 is 0. The monoisotopic (exact) mass is 273 g/mol. The molecule has 0 saturated heterocycles. The lowest BCUT2D eigenvalue weighted by Gasteiger charge is -2.05. The van der Waals surface area contributed by atoms with E-state index in [9.17, 15) is 4.79 Å². The first-order chi connectivity index (χ1) is 9.77. The summed E-state index contributed by atoms with van der Waals surface area (Å²) in [5.74, 6) is -0.389. The second-order valence-electron chi connectivity index (χ2n) is 4.19. The molecule has 0 spiro atoms. The fraction of sp³-hybridized carbons (Fsp3) is 0.333. The maximum Gasteiger partial charge on any atom is 0.263 e. The Morgan fingerprint density at radius 1 is 1.30 bits per heavy atom. The molecule has 1 rings (SSSR count). The van der Waals surface area contributed by atoms with Gasteiger partial charge in [0.15, 0.2) is 0 Å². The number of aliphatic hydroxyl groups excluding tert-OH is 1. The molecule has 1 amide bonds. The lowest BCUT2D eigenvalue weighted by molar-refractivity contribution is -0.117. The summed E-state index contributed by atoms with van der Waals surface area (Å²) in [6.45, 7) is 1.09. The lowest BCUT2D eigenvalue weighted by Crippen LogP contribution is -2.27. The summed E-state index contributed by atoms with van der Waals surface area (Å²) in [5.41, 5.74) is 1.17. The van der Waals surface area contributed by atoms with E-state index in [2.05, 4.69) is 10.6 Å². The van der Waals surface area contributed by atoms with Crippen molar-refractivity contribution in [1.29, 1.82) is 5.26 Å². The van der Waals surface area contributed by atoms with E-state index in [0.29, 0.717) is 19.5 Å². The van der Waals surface area contributed by atoms with Gasteiger partial charge in [0.2, 0.25) is 0 Å². The molecule has 5 heteroatoms. The molecule has 0 aliphatic heterocycles. The third-order valence-corrected chi connectivity index (χ3v) is 2.63. The van der Waals surface area contributed by atoms with Crippen LogP contribution in [0.25, 0.3) is 0 Å². The Labute approximate surface area is 118 Å². The standard InChI is InChI=1S/C15H19N3O2/c16-11-14(12-17-8-4-10-19)15(20)18-9-7-13-5-2-1-3-6-13/h1-3,5-6,12,17,19H,4,7-10H2,(H,18,20)/b14-12-. The number of benzene rings is 1. The van der Waals surface area contributed by atoms with E-state index in [0.717, 1.165) is 12.0 Å². The van der Waals surface area contributed by atoms with E-state index in [4.69, 9.17) is 10.4 Å². The fourth-order valence-electron chi connectivity index (χ4n) is 1.56. The summed E-state index contributed by atoms with van der Waals surface area (Å²) in [6.07, 6.45) is 2.68. The van der Waals surface area contributed by atoms with Gasteiger partial charge in [0, 0.05) is 25.9 Å². The molecule has 0 atom stereocenters. The average Bonchev–Trinajstić information content (AvgIpc) is 2.48. The Hall–Kier alpha value is -2.32. The number of hydrogen-bond donors (Lipinski definition) is 3. The molecule has 3 N–H and O–H groups in total. The van der Waals surface area contributed by atoms with Crippen molar-refractivity contribution in [2.75, 3.05) is 19.7 Å². The number of aliphatic hydroxyl groups is 1. The fourth-order valence-corrected chi connectivity index (χ4v) is 1.56. The molecule has 1 aromatic carbocycles. The van der Waals surface area contributed by atoms with E-state index in [1.807, 2.05) is 36.4 Å². The normalized spacial score (nSPS) is 10.7. The number of nitrogens with zero attached hydrogens (tertiary/aromatic N) is 1. The van der Waals surface area contributed by atoms with Gasteiger partial charge in [0.25, 0.3) is 5.91 Å². The number of amides is 1. The highest BCUT2D eigenvalue weighted by molar-refractivity contribution is 5.97. The van der Waals surface area contributed by atoms with Crippen LogP contribution in [0.4, 0.5) is 0 Å². The number of nitriles is 1. The first kappa shape index (κ1) is 15.7. The van der Waals surface area contributed by atoms with Gasteiger partial charge < -0.3 is 15.7 Å². The molecular weight excluding hydrogens is 254 g/mol. The molecule has 0 saturated carbocycles. The molecule has 0 bridgehead atoms. The molecule has 106 valence electrons. The van der Waals surface area contributed by atoms with Gasteiger partial charge in [-0.3, -0.25) is 4.79 Å². The van der Waals surface area contributed by atoms with Crippen LogP contribution in [0.15, 0.2) is 42.1 Å². The minimum absolute atomic E-state index is 0.0380. The van der Waals surface area contributed by atoms with Crippen molar-refractivity contribution in [3.8, 4) is 6.07 Å². The van der Waals surface area contributed by atoms with Crippen LogP contribution in [-0.4, -0.2) is 30.7 Å². The van der Waals surface area contributed by atoms with E-state index in [1.165, 1.54) is 6.20 Å². The zero-order chi connectivity index (χ0) is 14.6. The molecule has 0 aromatic heterocycles. The Morgan fingerprint density at radius 2 is 2.05 bits per heavy atom. The van der Waals surface area contributed by atoms with Crippen molar-refractivity contribution < 1.29 is 9.90 Å². The van der Waals surface area contributed by atoms with Crippen LogP contribution in [0, 0.1) is 11.3 Å². The van der Waals surface area contributed by atoms with Crippen molar-refractivity contribution in [3.63, 3.8) is 0 Å². The molecule has 0 aliphatic carbocycles. The Kier molecular flexibility index (Phi) is 7.55. The molecule has 1 aromatic rings. The van der Waals surface area contributed by atoms with Gasteiger partial charge >= 0.3 is 0 Å². The first-order valence-corrected chi connectivity index (χ1v) is 6.54. The molecule has 0 heterocycles. The maximum atomic E-state index is 11.7. The second-order valence-corrected chi connectivity index (χ2v) is 4.19. The number of carbonyl (C=O) groups is 1. The second kappa shape index (κ2) is 9.59. The third-order valence-electron chi connectivity index (χ3n) is 2.63. The van der Waals surface area contributed by atoms with E-state index in [-0.39, 0.29) is 18.1 Å². The number of carbonyl (C=O) groups excluding carboxylic acids is 1. The van der Waals surface area contributed by atoms with Crippen LogP contribution in [-0.2, 0) is 11.2 Å². The van der Waals surface area contributed by atoms with Gasteiger partial charge in [-0.1, -0.05) is 30.3 Å². The Morgan fingerprint density at radius 3 is 2.70 bits per heavy atom. The van der Waals surface area contributed by atoms with Crippen LogP contribution in [0.3, 0.4) is 0 Å². The molecule has 20 heavy (non-hydrogen) atoms. The quantitative estimate of drug-likeness (QED) is 0.370. The zero-order valence-electron chi connectivity index (χ0n) is 11.3. The Bertz CT molecular complexity index is 478. The molecule has 0 unspecified atom stereocenters. The highest BCUT2D eigenvalue weighted by Gasteiger charge is 2.07. The summed E-state index contributed by atoms with van der Waals surface area (Å²) in [5, 5.41) is 23.0. The van der Waals surface area contributed by atoms with E-state index < -0.39 is 0 Å². The number of rotatable bonds is 8. The Balaban J connectivity index is 2.34. The lowest BCUT2D eigenvalue weighted by atomic mass is 10.1. The predicted octanol–water partition coefficient (Wildman–Crippen LogP) is 0.725. The predicted molar refractivity (Wildman–Crippen MR) is 76.6 cm³/mol. The minimum atomic E-state index is -0.389. The highest BCUT2D eigenvalue weighted by atomic mass is 16.3. The smallest absolute Gasteiger partial charge is 0.263 e. The van der Waals surface area contributed by atoms with Crippen molar-refractivity contribution in [1.82, 2.24) is 10.6 Å². The van der Waals surface area contributed by atoms with Crippen molar-refractivity contribution in [3.05, 3.63) is 47.7 Å². The van der Waals surface area contributed by atoms with E-state index >= 15 is 0 Å². The highest BCUT2D eigenvalue weighted by Crippen LogP contribution is 1.98. The summed E-state index contributed by atoms with van der Waals surface area (Å²) in [4.78, 5) is 11.7. The molecule has 0 aliphatic rings. The van der Waals surface area contributed by atoms with Gasteiger partial charge in [-0.25, -0.2) is 0 Å². The van der Waals surface area contributed by atoms with Crippen LogP contribution in [0.5, 0.6) is 0 Å². The van der Waals surface area contributed by atoms with Crippen LogP contribution < -0.4 is 10.6 Å². The van der Waals surface area contributed by atoms with Crippen molar-refractivity contribution in [2.45, 2.75) is 12.8 Å². The molecule has 0 radical (unpaired) electrons. The zero-order valence-corrected chi connectivity index (χ0v) is 11.3.